The van der Waals surface area contributed by atoms with Crippen LogP contribution in [0.4, 0.5) is 37.7 Å². The first-order valence-corrected chi connectivity index (χ1v) is 14.1. The normalized spacial score (nSPS) is 14.0. The maximum Gasteiger partial charge on any atom is 0.493 e. The predicted molar refractivity (Wildman–Crippen MR) is 145 cm³/mol. The Morgan fingerprint density at radius 3 is 2.34 bits per heavy atom. The number of benzene rings is 2. The molecule has 0 saturated carbocycles. The van der Waals surface area contributed by atoms with Crippen molar-refractivity contribution in [3.63, 3.8) is 0 Å². The highest BCUT2D eigenvalue weighted by Crippen LogP contribution is 2.38. The summed E-state index contributed by atoms with van der Waals surface area (Å²) >= 11 is 0. The van der Waals surface area contributed by atoms with Crippen molar-refractivity contribution in [1.29, 1.82) is 0 Å². The SMILES string of the molecule is COc1ncc(-c2ccc3ncc(F)c(N4CCNCC4)c3c2)cc1N(OC(=O)C(F)(F)F)S(=O)(=O)c1ccc(F)cc1F. The quantitative estimate of drug-likeness (QED) is 0.233. The molecule has 0 aliphatic carbocycles. The summed E-state index contributed by atoms with van der Waals surface area (Å²) in [5.74, 6) is -7.05. The molecular formula is C27H21F6N5O5S. The molecule has 1 aliphatic rings. The van der Waals surface area contributed by atoms with Crippen LogP contribution in [0, 0.1) is 17.5 Å². The monoisotopic (exact) mass is 641 g/mol. The van der Waals surface area contributed by atoms with Gasteiger partial charge in [0.05, 0.1) is 24.5 Å². The number of hydrogen-bond donors (Lipinski definition) is 1. The van der Waals surface area contributed by atoms with Crippen LogP contribution < -0.4 is 19.4 Å². The number of hydrogen-bond acceptors (Lipinski definition) is 9. The highest BCUT2D eigenvalue weighted by atomic mass is 32.2. The number of fused-ring (bicyclic) bond motifs is 1. The van der Waals surface area contributed by atoms with Gasteiger partial charge in [0.25, 0.3) is 10.0 Å². The van der Waals surface area contributed by atoms with Crippen molar-refractivity contribution in [2.75, 3.05) is 42.7 Å². The van der Waals surface area contributed by atoms with Crippen molar-refractivity contribution in [3.05, 3.63) is 72.3 Å². The van der Waals surface area contributed by atoms with Crippen LogP contribution in [0.15, 0.2) is 59.8 Å². The first-order chi connectivity index (χ1) is 20.8. The fraction of sp³-hybridized carbons (Fsp3) is 0.222. The summed E-state index contributed by atoms with van der Waals surface area (Å²) < 4.78 is 114. The number of halogens is 6. The maximum atomic E-state index is 15.1. The highest BCUT2D eigenvalue weighted by molar-refractivity contribution is 7.92. The van der Waals surface area contributed by atoms with Crippen LogP contribution in [0.3, 0.4) is 0 Å². The third-order valence-corrected chi connectivity index (χ3v) is 8.17. The summed E-state index contributed by atoms with van der Waals surface area (Å²) in [5, 5.41) is 3.55. The Morgan fingerprint density at radius 2 is 1.68 bits per heavy atom. The van der Waals surface area contributed by atoms with Gasteiger partial charge in [0.1, 0.15) is 16.5 Å². The van der Waals surface area contributed by atoms with Crippen LogP contribution in [0.2, 0.25) is 0 Å². The van der Waals surface area contributed by atoms with Crippen molar-refractivity contribution in [1.82, 2.24) is 15.3 Å². The van der Waals surface area contributed by atoms with Gasteiger partial charge in [-0.15, -0.1) is 0 Å². The Balaban J connectivity index is 1.68. The minimum absolute atomic E-state index is 0.0565. The molecule has 3 heterocycles. The minimum Gasteiger partial charge on any atom is -0.479 e. The second-order valence-corrected chi connectivity index (χ2v) is 11.1. The molecule has 2 aromatic carbocycles. The third-order valence-electron chi connectivity index (χ3n) is 6.57. The summed E-state index contributed by atoms with van der Waals surface area (Å²) in [6, 6.07) is 6.72. The minimum atomic E-state index is -5.68. The second-order valence-electron chi connectivity index (χ2n) is 9.36. The van der Waals surface area contributed by atoms with E-state index >= 15 is 4.39 Å². The van der Waals surface area contributed by atoms with E-state index in [-0.39, 0.29) is 22.9 Å². The average molecular weight is 642 g/mol. The molecule has 4 aromatic rings. The van der Waals surface area contributed by atoms with Crippen LogP contribution in [-0.4, -0.2) is 63.8 Å². The Hall–Kier alpha value is -4.64. The van der Waals surface area contributed by atoms with Gasteiger partial charge in [-0.3, -0.25) is 4.98 Å². The topological polar surface area (TPSA) is 114 Å². The van der Waals surface area contributed by atoms with E-state index < -0.39 is 60.6 Å². The van der Waals surface area contributed by atoms with Gasteiger partial charge in [0.2, 0.25) is 5.88 Å². The van der Waals surface area contributed by atoms with Crippen LogP contribution in [0.25, 0.3) is 22.0 Å². The number of pyridine rings is 2. The Bertz CT molecular complexity index is 1850. The number of sulfonamides is 1. The molecule has 1 aliphatic heterocycles. The predicted octanol–water partition coefficient (Wildman–Crippen LogP) is 4.35. The van der Waals surface area contributed by atoms with E-state index in [1.54, 1.807) is 6.07 Å². The number of ether oxygens (including phenoxy) is 1. The van der Waals surface area contributed by atoms with Gasteiger partial charge in [0.15, 0.2) is 11.5 Å². The molecule has 0 amide bonds. The lowest BCUT2D eigenvalue weighted by atomic mass is 10.0. The summed E-state index contributed by atoms with van der Waals surface area (Å²) in [7, 11) is -4.49. The maximum absolute atomic E-state index is 15.1. The molecule has 0 radical (unpaired) electrons. The van der Waals surface area contributed by atoms with Crippen molar-refractivity contribution in [2.24, 2.45) is 0 Å². The first kappa shape index (κ1) is 30.8. The molecule has 1 N–H and O–H groups in total. The average Bonchev–Trinajstić information content (AvgIpc) is 2.98. The summed E-state index contributed by atoms with van der Waals surface area (Å²) in [6.45, 7) is 2.19. The number of aromatic nitrogens is 2. The molecule has 0 unspecified atom stereocenters. The molecule has 0 bridgehead atoms. The van der Waals surface area contributed by atoms with Crippen LogP contribution in [0.1, 0.15) is 0 Å². The Morgan fingerprint density at radius 1 is 0.955 bits per heavy atom. The van der Waals surface area contributed by atoms with Crippen molar-refractivity contribution >= 4 is 38.3 Å². The van der Waals surface area contributed by atoms with E-state index in [1.165, 1.54) is 18.3 Å². The third kappa shape index (κ3) is 5.92. The first-order valence-electron chi connectivity index (χ1n) is 12.7. The number of nitrogens with one attached hydrogen (secondary N) is 1. The molecule has 5 rings (SSSR count). The van der Waals surface area contributed by atoms with Crippen molar-refractivity contribution in [2.45, 2.75) is 11.1 Å². The number of carbonyl (C=O) groups is 1. The van der Waals surface area contributed by atoms with Gasteiger partial charge in [0, 0.05) is 49.4 Å². The van der Waals surface area contributed by atoms with Crippen molar-refractivity contribution < 1.29 is 49.1 Å². The van der Waals surface area contributed by atoms with E-state index in [1.807, 2.05) is 4.90 Å². The number of nitrogens with zero attached hydrogens (tertiary/aromatic N) is 4. The Kier molecular flexibility index (Phi) is 8.26. The molecule has 0 spiro atoms. The van der Waals surface area contributed by atoms with Gasteiger partial charge in [-0.2, -0.15) is 21.6 Å². The highest BCUT2D eigenvalue weighted by Gasteiger charge is 2.46. The second kappa shape index (κ2) is 11.8. The number of methoxy groups -OCH3 is 1. The van der Waals surface area contributed by atoms with Gasteiger partial charge in [-0.05, 0) is 35.9 Å². The number of carbonyl (C=O) groups excluding carboxylic acids is 1. The molecule has 0 atom stereocenters. The van der Waals surface area contributed by atoms with Crippen LogP contribution >= 0.6 is 0 Å². The van der Waals surface area contributed by atoms with Gasteiger partial charge in [-0.1, -0.05) is 10.5 Å². The molecule has 1 saturated heterocycles. The summed E-state index contributed by atoms with van der Waals surface area (Å²) in [4.78, 5) is 24.7. The lowest BCUT2D eigenvalue weighted by Gasteiger charge is -2.30. The number of anilines is 2. The fourth-order valence-electron chi connectivity index (χ4n) is 4.56. The van der Waals surface area contributed by atoms with E-state index in [2.05, 4.69) is 20.1 Å². The van der Waals surface area contributed by atoms with E-state index in [9.17, 15) is 35.2 Å². The van der Waals surface area contributed by atoms with Crippen LogP contribution in [0.5, 0.6) is 5.88 Å². The summed E-state index contributed by atoms with van der Waals surface area (Å²) in [6.07, 6.45) is -3.42. The molecular weight excluding hydrogens is 620 g/mol. The number of rotatable bonds is 7. The molecule has 17 heteroatoms. The number of alkyl halides is 3. The number of piperazine rings is 1. The smallest absolute Gasteiger partial charge is 0.479 e. The lowest BCUT2D eigenvalue weighted by molar-refractivity contribution is -0.199. The Labute approximate surface area is 245 Å². The van der Waals surface area contributed by atoms with Crippen molar-refractivity contribution in [3.8, 4) is 17.0 Å². The molecule has 1 fully saturated rings. The zero-order valence-corrected chi connectivity index (χ0v) is 23.3. The van der Waals surface area contributed by atoms with E-state index in [0.717, 1.165) is 19.4 Å². The standard InChI is InChI=1S/C27H21F6N5O5S/c1-42-25-22(38(43-26(39)27(31,32)33)44(40,41)23-5-3-17(28)12-19(23)29)11-16(13-36-25)15-2-4-21-18(10-15)24(20(30)14-35-21)37-8-6-34-7-9-37/h2-5,10-14,34H,6-9H2,1H3. The zero-order chi connectivity index (χ0) is 31.8. The van der Waals surface area contributed by atoms with Gasteiger partial charge >= 0.3 is 12.1 Å². The van der Waals surface area contributed by atoms with Crippen LogP contribution in [-0.2, 0) is 19.7 Å². The lowest BCUT2D eigenvalue weighted by Crippen LogP contribution is -2.44. The zero-order valence-electron chi connectivity index (χ0n) is 22.5. The molecule has 44 heavy (non-hydrogen) atoms. The summed E-state index contributed by atoms with van der Waals surface area (Å²) in [5.41, 5.74) is 0.160. The largest absolute Gasteiger partial charge is 0.493 e. The van der Waals surface area contributed by atoms with Gasteiger partial charge < -0.3 is 19.8 Å². The molecule has 10 nitrogen and oxygen atoms in total. The van der Waals surface area contributed by atoms with E-state index in [4.69, 9.17) is 4.74 Å². The van der Waals surface area contributed by atoms with E-state index in [0.29, 0.717) is 49.2 Å². The fourth-order valence-corrected chi connectivity index (χ4v) is 5.84. The van der Waals surface area contributed by atoms with Gasteiger partial charge in [-0.25, -0.2) is 22.9 Å². The molecule has 2 aromatic heterocycles. The molecule has 232 valence electrons.